The first-order valence-electron chi connectivity index (χ1n) is 6.78. The minimum absolute atomic E-state index is 0. The zero-order chi connectivity index (χ0) is 14.6. The Hall–Kier alpha value is 0.00390. The minimum Gasteiger partial charge on any atom is -0.542 e. The third-order valence-corrected chi connectivity index (χ3v) is 3.46. The second-order valence-electron chi connectivity index (χ2n) is 6.14. The largest absolute Gasteiger partial charge is 0.542 e. The first-order chi connectivity index (χ1) is 8.80. The molecule has 113 valence electrons. The predicted molar refractivity (Wildman–Crippen MR) is 71.4 cm³/mol. The molecular weight excluding hydrogens is 335 g/mol. The monoisotopic (exact) mass is 359 g/mol. The fourth-order valence-electron chi connectivity index (χ4n) is 2.49. The zero-order valence-corrected chi connectivity index (χ0v) is 15.6. The smallest absolute Gasteiger partial charge is 0.410 e. The van der Waals surface area contributed by atoms with Crippen LogP contribution in [0.15, 0.2) is 0 Å². The van der Waals surface area contributed by atoms with Crippen molar-refractivity contribution >= 4 is 12.4 Å². The Labute approximate surface area is 146 Å². The van der Waals surface area contributed by atoms with Crippen molar-refractivity contribution in [3.63, 3.8) is 0 Å². The maximum absolute atomic E-state index is 12.1. The molecule has 0 unspecified atom stereocenters. The number of aliphatic hydroxyl groups excluding tert-OH is 1. The summed E-state index contributed by atoms with van der Waals surface area (Å²) in [5, 5.41) is 9.46. The first-order valence-corrected chi connectivity index (χ1v) is 6.78. The standard InChI is InChI=1S/C14H24NO4.Y/c1-10(8-16)11(9-17)12-6-5-7-15(12)13(18)19-14(2,3)4;/h10-12,17H,5-7,9H2,1-4H3;/q-1;/t10-,11+,12-;/m0./s1. The summed E-state index contributed by atoms with van der Waals surface area (Å²) in [4.78, 5) is 24.6. The molecule has 3 atom stereocenters. The van der Waals surface area contributed by atoms with Gasteiger partial charge in [0.1, 0.15) is 5.60 Å². The zero-order valence-electron chi connectivity index (χ0n) is 12.8. The van der Waals surface area contributed by atoms with Crippen LogP contribution in [0.5, 0.6) is 0 Å². The van der Waals surface area contributed by atoms with E-state index in [4.69, 9.17) is 4.74 Å². The molecule has 5 nitrogen and oxygen atoms in total. The Morgan fingerprint density at radius 3 is 2.55 bits per heavy atom. The number of carbonyl (C=O) groups excluding carboxylic acids is 2. The summed E-state index contributed by atoms with van der Waals surface area (Å²) in [5.41, 5.74) is -0.540. The Balaban J connectivity index is 0.00000361. The van der Waals surface area contributed by atoms with E-state index in [1.54, 1.807) is 11.8 Å². The number of rotatable bonds is 4. The van der Waals surface area contributed by atoms with Crippen molar-refractivity contribution < 1.29 is 52.1 Å². The van der Waals surface area contributed by atoms with E-state index >= 15 is 0 Å². The van der Waals surface area contributed by atoms with E-state index in [9.17, 15) is 14.7 Å². The van der Waals surface area contributed by atoms with E-state index in [-0.39, 0.29) is 57.4 Å². The van der Waals surface area contributed by atoms with Crippen LogP contribution in [0.3, 0.4) is 0 Å². The van der Waals surface area contributed by atoms with Gasteiger partial charge in [0, 0.05) is 51.9 Å². The number of ether oxygens (including phenoxy) is 1. The van der Waals surface area contributed by atoms with Crippen molar-refractivity contribution in [2.45, 2.75) is 52.2 Å². The van der Waals surface area contributed by atoms with Gasteiger partial charge in [-0.3, -0.25) is 6.29 Å². The molecule has 1 amide bonds. The summed E-state index contributed by atoms with van der Waals surface area (Å²) in [6.45, 7) is 7.67. The van der Waals surface area contributed by atoms with E-state index < -0.39 is 11.5 Å². The van der Waals surface area contributed by atoms with Crippen LogP contribution in [0.1, 0.15) is 40.5 Å². The van der Waals surface area contributed by atoms with Crippen molar-refractivity contribution in [3.05, 3.63) is 0 Å². The number of carbonyl (C=O) groups is 1. The Morgan fingerprint density at radius 1 is 1.50 bits per heavy atom. The van der Waals surface area contributed by atoms with Crippen LogP contribution in [-0.2, 0) is 42.2 Å². The molecular formula is C14H24NO4Y-. The van der Waals surface area contributed by atoms with Crippen LogP contribution < -0.4 is 0 Å². The van der Waals surface area contributed by atoms with Crippen molar-refractivity contribution in [2.75, 3.05) is 13.2 Å². The molecule has 1 fully saturated rings. The van der Waals surface area contributed by atoms with Gasteiger partial charge in [-0.2, -0.15) is 0 Å². The molecule has 1 radical (unpaired) electrons. The molecule has 1 aliphatic heterocycles. The molecule has 1 rings (SSSR count). The van der Waals surface area contributed by atoms with Gasteiger partial charge in [-0.25, -0.2) is 4.79 Å². The van der Waals surface area contributed by atoms with Crippen LogP contribution in [0.25, 0.3) is 0 Å². The molecule has 0 aromatic rings. The van der Waals surface area contributed by atoms with Crippen molar-refractivity contribution in [1.29, 1.82) is 0 Å². The molecule has 1 heterocycles. The van der Waals surface area contributed by atoms with Crippen molar-refractivity contribution in [3.8, 4) is 0 Å². The second kappa shape index (κ2) is 8.45. The summed E-state index contributed by atoms with van der Waals surface area (Å²) in [6, 6.07) is -0.142. The molecule has 0 aromatic heterocycles. The van der Waals surface area contributed by atoms with Crippen LogP contribution in [0, 0.1) is 11.8 Å². The second-order valence-corrected chi connectivity index (χ2v) is 6.14. The topological polar surface area (TPSA) is 66.8 Å². The number of amides is 1. The molecule has 1 aliphatic rings. The van der Waals surface area contributed by atoms with Crippen molar-refractivity contribution in [1.82, 2.24) is 4.90 Å². The average Bonchev–Trinajstić information content (AvgIpc) is 2.76. The molecule has 20 heavy (non-hydrogen) atoms. The van der Waals surface area contributed by atoms with E-state index in [0.29, 0.717) is 6.54 Å². The van der Waals surface area contributed by atoms with Gasteiger partial charge in [0.2, 0.25) is 0 Å². The van der Waals surface area contributed by atoms with E-state index in [2.05, 4.69) is 0 Å². The average molecular weight is 359 g/mol. The normalized spacial score (nSPS) is 21.9. The summed E-state index contributed by atoms with van der Waals surface area (Å²) in [6.07, 6.45) is 3.20. The third kappa shape index (κ3) is 5.42. The van der Waals surface area contributed by atoms with Crippen molar-refractivity contribution in [2.24, 2.45) is 11.8 Å². The molecule has 0 aliphatic carbocycles. The first kappa shape index (κ1) is 20.0. The van der Waals surface area contributed by atoms with Gasteiger partial charge >= 0.3 is 6.09 Å². The summed E-state index contributed by atoms with van der Waals surface area (Å²) in [7, 11) is 0. The number of nitrogens with zero attached hydrogens (tertiary/aromatic N) is 1. The maximum atomic E-state index is 12.1. The summed E-state index contributed by atoms with van der Waals surface area (Å²) < 4.78 is 5.37. The fourth-order valence-corrected chi connectivity index (χ4v) is 2.49. The Kier molecular flexibility index (Phi) is 8.45. The molecule has 6 heteroatoms. The molecule has 0 aromatic carbocycles. The SMILES string of the molecule is C[C@@H]([C-]=O)[C@@H](CO)[C@@H]1CCCN1C(=O)OC(C)(C)C.[Y]. The van der Waals surface area contributed by atoms with E-state index in [1.165, 1.54) is 0 Å². The van der Waals surface area contributed by atoms with Crippen LogP contribution >= 0.6 is 0 Å². The predicted octanol–water partition coefficient (Wildman–Crippen LogP) is 1.74. The van der Waals surface area contributed by atoms with E-state index in [0.717, 1.165) is 12.8 Å². The molecule has 1 N–H and O–H groups in total. The van der Waals surface area contributed by atoms with Gasteiger partial charge in [-0.15, -0.1) is 5.92 Å². The quantitative estimate of drug-likeness (QED) is 0.777. The van der Waals surface area contributed by atoms with Gasteiger partial charge in [-0.1, -0.05) is 6.92 Å². The number of aliphatic hydroxyl groups is 1. The van der Waals surface area contributed by atoms with E-state index in [1.807, 2.05) is 27.1 Å². The number of likely N-dealkylation sites (tertiary alicyclic amines) is 1. The fraction of sp³-hybridized carbons (Fsp3) is 0.857. The van der Waals surface area contributed by atoms with Gasteiger partial charge < -0.3 is 19.5 Å². The molecule has 0 bridgehead atoms. The Bertz CT molecular complexity index is 330. The van der Waals surface area contributed by atoms with Gasteiger partial charge in [0.25, 0.3) is 0 Å². The number of hydrogen-bond acceptors (Lipinski definition) is 4. The molecule has 0 saturated carbocycles. The summed E-state index contributed by atoms with van der Waals surface area (Å²) in [5.74, 6) is -0.662. The number of hydrogen-bond donors (Lipinski definition) is 1. The van der Waals surface area contributed by atoms with Gasteiger partial charge in [0.15, 0.2) is 0 Å². The van der Waals surface area contributed by atoms with Crippen LogP contribution in [0.2, 0.25) is 0 Å². The van der Waals surface area contributed by atoms with Gasteiger partial charge in [0.05, 0.1) is 0 Å². The summed E-state index contributed by atoms with van der Waals surface area (Å²) >= 11 is 0. The third-order valence-electron chi connectivity index (χ3n) is 3.46. The minimum atomic E-state index is -0.540. The molecule has 1 saturated heterocycles. The van der Waals surface area contributed by atoms with Crippen LogP contribution in [0.4, 0.5) is 4.79 Å². The molecule has 0 spiro atoms. The van der Waals surface area contributed by atoms with Gasteiger partial charge in [-0.05, 0) is 39.5 Å². The maximum Gasteiger partial charge on any atom is 0.410 e. The Morgan fingerprint density at radius 2 is 2.10 bits per heavy atom. The van der Waals surface area contributed by atoms with Crippen LogP contribution in [-0.4, -0.2) is 47.2 Å².